The topological polar surface area (TPSA) is 95.9 Å². The number of sulfonamides is 1. The quantitative estimate of drug-likeness (QED) is 0.250. The van der Waals surface area contributed by atoms with Crippen molar-refractivity contribution < 1.29 is 23.1 Å². The van der Waals surface area contributed by atoms with Gasteiger partial charge in [0.1, 0.15) is 5.75 Å². The number of carboxylic acid groups (broad SMARTS) is 1. The van der Waals surface area contributed by atoms with E-state index in [9.17, 15) is 18.3 Å². The highest BCUT2D eigenvalue weighted by atomic mass is 35.5. The number of benzene rings is 4. The van der Waals surface area contributed by atoms with E-state index in [2.05, 4.69) is 4.72 Å². The van der Waals surface area contributed by atoms with Crippen molar-refractivity contribution in [1.82, 2.24) is 0 Å². The summed E-state index contributed by atoms with van der Waals surface area (Å²) >= 11 is 6.20. The number of nitrogens with zero attached hydrogens (tertiary/aromatic N) is 1. The standard InChI is InChI=1S/C28H27ClN2O5S/c1-19(16-28(32)33)31(18-20-6-5-7-21(29)17-20)27-15-14-26(24-8-3-4-9-25(24)27)30-37(34,35)23-12-10-22(36-2)11-13-23/h3-15,17,19,30H,16,18H2,1-2H3,(H,32,33)/t19-/m0/s1. The Morgan fingerprint density at radius 3 is 2.35 bits per heavy atom. The van der Waals surface area contributed by atoms with Crippen molar-refractivity contribution >= 4 is 49.7 Å². The van der Waals surface area contributed by atoms with Crippen molar-refractivity contribution in [3.8, 4) is 5.75 Å². The lowest BCUT2D eigenvalue weighted by molar-refractivity contribution is -0.137. The van der Waals surface area contributed by atoms with Gasteiger partial charge in [-0.1, -0.05) is 48.0 Å². The van der Waals surface area contributed by atoms with Crippen LogP contribution in [-0.4, -0.2) is 32.6 Å². The molecule has 4 aromatic rings. The molecule has 0 radical (unpaired) electrons. The van der Waals surface area contributed by atoms with E-state index in [-0.39, 0.29) is 17.4 Å². The van der Waals surface area contributed by atoms with Crippen molar-refractivity contribution in [2.75, 3.05) is 16.7 Å². The summed E-state index contributed by atoms with van der Waals surface area (Å²) in [6, 6.07) is 24.2. The van der Waals surface area contributed by atoms with Crippen molar-refractivity contribution in [2.45, 2.75) is 30.8 Å². The van der Waals surface area contributed by atoms with Gasteiger partial charge in [0.2, 0.25) is 0 Å². The average molecular weight is 539 g/mol. The van der Waals surface area contributed by atoms with E-state index in [1.165, 1.54) is 19.2 Å². The Hall–Kier alpha value is -3.75. The van der Waals surface area contributed by atoms with Crippen molar-refractivity contribution in [1.29, 1.82) is 0 Å². The van der Waals surface area contributed by atoms with E-state index in [1.807, 2.05) is 60.4 Å². The van der Waals surface area contributed by atoms with Gasteiger partial charge in [-0.3, -0.25) is 9.52 Å². The van der Waals surface area contributed by atoms with Gasteiger partial charge in [0, 0.05) is 34.1 Å². The summed E-state index contributed by atoms with van der Waals surface area (Å²) < 4.78 is 34.1. The molecule has 2 N–H and O–H groups in total. The molecule has 0 spiro atoms. The molecular formula is C28H27ClN2O5S. The highest BCUT2D eigenvalue weighted by Crippen LogP contribution is 2.36. The van der Waals surface area contributed by atoms with Crippen molar-refractivity contribution in [3.63, 3.8) is 0 Å². The number of aliphatic carboxylic acids is 1. The van der Waals surface area contributed by atoms with Crippen LogP contribution in [0.2, 0.25) is 5.02 Å². The smallest absolute Gasteiger partial charge is 0.305 e. The van der Waals surface area contributed by atoms with Crippen LogP contribution in [0.1, 0.15) is 18.9 Å². The third-order valence-electron chi connectivity index (χ3n) is 6.07. The molecule has 0 aliphatic heterocycles. The first-order chi connectivity index (χ1) is 17.7. The number of methoxy groups -OCH3 is 1. The molecule has 0 amide bonds. The van der Waals surface area contributed by atoms with E-state index in [4.69, 9.17) is 16.3 Å². The number of rotatable bonds is 10. The lowest BCUT2D eigenvalue weighted by Crippen LogP contribution is -2.34. The predicted molar refractivity (Wildman–Crippen MR) is 147 cm³/mol. The maximum atomic E-state index is 13.1. The molecule has 0 saturated carbocycles. The van der Waals surface area contributed by atoms with Gasteiger partial charge >= 0.3 is 5.97 Å². The zero-order chi connectivity index (χ0) is 26.6. The van der Waals surface area contributed by atoms with Gasteiger partial charge in [-0.05, 0) is 61.0 Å². The predicted octanol–water partition coefficient (Wildman–Crippen LogP) is 6.17. The minimum absolute atomic E-state index is 0.0687. The molecule has 0 aromatic heterocycles. The second-order valence-electron chi connectivity index (χ2n) is 8.66. The van der Waals surface area contributed by atoms with E-state index >= 15 is 0 Å². The SMILES string of the molecule is COc1ccc(S(=O)(=O)Nc2ccc(N(Cc3cccc(Cl)c3)[C@@H](C)CC(=O)O)c3ccccc23)cc1. The number of halogens is 1. The van der Waals surface area contributed by atoms with E-state index < -0.39 is 16.0 Å². The first-order valence-corrected chi connectivity index (χ1v) is 13.5. The minimum Gasteiger partial charge on any atom is -0.497 e. The van der Waals surface area contributed by atoms with Crippen LogP contribution in [0, 0.1) is 0 Å². The number of hydrogen-bond donors (Lipinski definition) is 2. The van der Waals surface area contributed by atoms with E-state index in [0.717, 1.165) is 16.6 Å². The Kier molecular flexibility index (Phi) is 7.90. The van der Waals surface area contributed by atoms with E-state index in [1.54, 1.807) is 24.3 Å². The molecule has 1 atom stereocenters. The Morgan fingerprint density at radius 2 is 1.70 bits per heavy atom. The highest BCUT2D eigenvalue weighted by Gasteiger charge is 2.22. The zero-order valence-electron chi connectivity index (χ0n) is 20.4. The molecule has 9 heteroatoms. The Labute approximate surface area is 221 Å². The lowest BCUT2D eigenvalue weighted by atomic mass is 10.0. The molecule has 0 unspecified atom stereocenters. The normalized spacial score (nSPS) is 12.2. The van der Waals surface area contributed by atoms with Gasteiger partial charge in [-0.25, -0.2) is 8.42 Å². The molecule has 192 valence electrons. The lowest BCUT2D eigenvalue weighted by Gasteiger charge is -2.32. The second kappa shape index (κ2) is 11.1. The van der Waals surface area contributed by atoms with Crippen LogP contribution < -0.4 is 14.4 Å². The number of carboxylic acids is 1. The molecule has 0 saturated heterocycles. The van der Waals surface area contributed by atoms with Crippen LogP contribution >= 0.6 is 11.6 Å². The van der Waals surface area contributed by atoms with Gasteiger partial charge in [0.25, 0.3) is 10.0 Å². The fourth-order valence-corrected chi connectivity index (χ4v) is 5.55. The molecule has 37 heavy (non-hydrogen) atoms. The van der Waals surface area contributed by atoms with Gasteiger partial charge < -0.3 is 14.7 Å². The highest BCUT2D eigenvalue weighted by molar-refractivity contribution is 7.92. The van der Waals surface area contributed by atoms with Crippen LogP contribution in [0.3, 0.4) is 0 Å². The summed E-state index contributed by atoms with van der Waals surface area (Å²) in [5, 5.41) is 11.6. The minimum atomic E-state index is -3.86. The van der Waals surface area contributed by atoms with Crippen molar-refractivity contribution in [2.24, 2.45) is 0 Å². The Morgan fingerprint density at radius 1 is 1.00 bits per heavy atom. The maximum absolute atomic E-state index is 13.1. The summed E-state index contributed by atoms with van der Waals surface area (Å²) in [5.74, 6) is -0.346. The maximum Gasteiger partial charge on any atom is 0.305 e. The molecule has 0 bridgehead atoms. The summed E-state index contributed by atoms with van der Waals surface area (Å²) in [6.07, 6.45) is -0.0687. The largest absolute Gasteiger partial charge is 0.497 e. The average Bonchev–Trinajstić information content (AvgIpc) is 2.87. The second-order valence-corrected chi connectivity index (χ2v) is 10.8. The molecule has 0 heterocycles. The Balaban J connectivity index is 1.76. The number of nitrogens with one attached hydrogen (secondary N) is 1. The first kappa shape index (κ1) is 26.3. The van der Waals surface area contributed by atoms with Gasteiger partial charge in [0.15, 0.2) is 0 Å². The summed E-state index contributed by atoms with van der Waals surface area (Å²) in [4.78, 5) is 13.7. The van der Waals surface area contributed by atoms with Gasteiger partial charge in [-0.15, -0.1) is 0 Å². The Bertz CT molecular complexity index is 1520. The molecule has 0 aliphatic rings. The van der Waals surface area contributed by atoms with Crippen LogP contribution in [0.5, 0.6) is 5.75 Å². The molecule has 7 nitrogen and oxygen atoms in total. The van der Waals surface area contributed by atoms with Crippen LogP contribution in [0.15, 0.2) is 89.8 Å². The number of hydrogen-bond acceptors (Lipinski definition) is 5. The summed E-state index contributed by atoms with van der Waals surface area (Å²) in [7, 11) is -2.34. The zero-order valence-corrected chi connectivity index (χ0v) is 22.0. The first-order valence-electron chi connectivity index (χ1n) is 11.6. The van der Waals surface area contributed by atoms with Crippen LogP contribution in [0.4, 0.5) is 11.4 Å². The summed E-state index contributed by atoms with van der Waals surface area (Å²) in [6.45, 7) is 2.28. The number of ether oxygens (including phenoxy) is 1. The fourth-order valence-electron chi connectivity index (χ4n) is 4.25. The van der Waals surface area contributed by atoms with Crippen LogP contribution in [-0.2, 0) is 21.4 Å². The van der Waals surface area contributed by atoms with Crippen molar-refractivity contribution in [3.05, 3.63) is 95.5 Å². The molecule has 0 fully saturated rings. The van der Waals surface area contributed by atoms with Crippen LogP contribution in [0.25, 0.3) is 10.8 Å². The molecule has 0 aliphatic carbocycles. The molecule has 4 aromatic carbocycles. The van der Waals surface area contributed by atoms with Gasteiger partial charge in [0.05, 0.1) is 24.1 Å². The molecule has 4 rings (SSSR count). The van der Waals surface area contributed by atoms with E-state index in [0.29, 0.717) is 28.4 Å². The third kappa shape index (κ3) is 6.15. The number of carbonyl (C=O) groups is 1. The fraction of sp³-hybridized carbons (Fsp3) is 0.179. The van der Waals surface area contributed by atoms with Gasteiger partial charge in [-0.2, -0.15) is 0 Å². The number of fused-ring (bicyclic) bond motifs is 1. The molecular weight excluding hydrogens is 512 g/mol. The monoisotopic (exact) mass is 538 g/mol. The number of anilines is 2. The third-order valence-corrected chi connectivity index (χ3v) is 7.69. The summed E-state index contributed by atoms with van der Waals surface area (Å²) in [5.41, 5.74) is 2.14.